The van der Waals surface area contributed by atoms with Crippen LogP contribution in [0.4, 0.5) is 13.2 Å². The average Bonchev–Trinajstić information content (AvgIpc) is 2.94. The molecule has 1 aromatic carbocycles. The lowest BCUT2D eigenvalue weighted by atomic mass is 9.99. The molecule has 0 unspecified atom stereocenters. The van der Waals surface area contributed by atoms with Gasteiger partial charge in [0.2, 0.25) is 0 Å². The highest BCUT2D eigenvalue weighted by molar-refractivity contribution is 6.30. The number of rotatable bonds is 3. The monoisotopic (exact) mass is 263 g/mol. The molecule has 17 heavy (non-hydrogen) atoms. The molecule has 1 aliphatic carbocycles. The van der Waals surface area contributed by atoms with Crippen LogP contribution in [-0.2, 0) is 12.6 Å². The first-order valence-electron chi connectivity index (χ1n) is 5.45. The normalized spacial score (nSPS) is 18.2. The first-order chi connectivity index (χ1) is 7.80. The van der Waals surface area contributed by atoms with E-state index < -0.39 is 11.7 Å². The fourth-order valence-electron chi connectivity index (χ4n) is 1.82. The topological polar surface area (TPSA) is 26.0 Å². The Bertz CT molecular complexity index is 424. The van der Waals surface area contributed by atoms with E-state index in [1.807, 2.05) is 0 Å². The largest absolute Gasteiger partial charge is 0.416 e. The highest BCUT2D eigenvalue weighted by Gasteiger charge is 2.39. The number of hydrogen-bond donors (Lipinski definition) is 1. The Balaban J connectivity index is 2.20. The third-order valence-electron chi connectivity index (χ3n) is 3.16. The molecule has 2 rings (SSSR count). The molecule has 1 saturated carbocycles. The van der Waals surface area contributed by atoms with Crippen molar-refractivity contribution in [2.45, 2.75) is 37.4 Å². The minimum absolute atomic E-state index is 0.106. The molecule has 1 aliphatic rings. The van der Waals surface area contributed by atoms with Crippen molar-refractivity contribution in [1.29, 1.82) is 0 Å². The van der Waals surface area contributed by atoms with E-state index >= 15 is 0 Å². The zero-order chi connectivity index (χ0) is 12.7. The predicted octanol–water partition coefficient (Wildman–Crippen LogP) is 3.78. The fraction of sp³-hybridized carbons (Fsp3) is 0.500. The molecule has 0 radical (unpaired) electrons. The van der Waals surface area contributed by atoms with Crippen LogP contribution in [0.5, 0.6) is 0 Å². The number of nitrogens with two attached hydrogens (primary N) is 1. The maximum Gasteiger partial charge on any atom is 0.416 e. The molecular weight excluding hydrogens is 251 g/mol. The van der Waals surface area contributed by atoms with E-state index in [0.29, 0.717) is 12.8 Å². The zero-order valence-corrected chi connectivity index (χ0v) is 9.91. The van der Waals surface area contributed by atoms with Gasteiger partial charge in [0.25, 0.3) is 0 Å². The Morgan fingerprint density at radius 3 is 2.47 bits per heavy atom. The van der Waals surface area contributed by atoms with E-state index in [2.05, 4.69) is 0 Å². The Labute approximate surface area is 103 Å². The molecule has 0 atom stereocenters. The van der Waals surface area contributed by atoms with Gasteiger partial charge in [-0.1, -0.05) is 17.7 Å². The van der Waals surface area contributed by atoms with Crippen molar-refractivity contribution in [3.8, 4) is 0 Å². The Morgan fingerprint density at radius 1 is 1.29 bits per heavy atom. The van der Waals surface area contributed by atoms with Crippen molar-refractivity contribution in [2.24, 2.45) is 5.73 Å². The summed E-state index contributed by atoms with van der Waals surface area (Å²) in [4.78, 5) is 0. The molecule has 2 N–H and O–H groups in total. The van der Waals surface area contributed by atoms with Gasteiger partial charge in [-0.2, -0.15) is 13.2 Å². The second kappa shape index (κ2) is 4.18. The molecule has 0 aliphatic heterocycles. The van der Waals surface area contributed by atoms with E-state index in [9.17, 15) is 13.2 Å². The number of aryl methyl sites for hydroxylation is 1. The van der Waals surface area contributed by atoms with Gasteiger partial charge in [-0.05, 0) is 43.4 Å². The van der Waals surface area contributed by atoms with E-state index in [1.54, 1.807) is 0 Å². The Morgan fingerprint density at radius 2 is 1.94 bits per heavy atom. The number of hydrogen-bond acceptors (Lipinski definition) is 1. The first kappa shape index (κ1) is 12.7. The molecule has 1 fully saturated rings. The van der Waals surface area contributed by atoms with E-state index in [1.165, 1.54) is 12.1 Å². The summed E-state index contributed by atoms with van der Waals surface area (Å²) in [5.41, 5.74) is 5.27. The summed E-state index contributed by atoms with van der Waals surface area (Å²) in [7, 11) is 0. The van der Waals surface area contributed by atoms with Crippen LogP contribution in [0.1, 0.15) is 30.4 Å². The quantitative estimate of drug-likeness (QED) is 0.882. The molecule has 0 bridgehead atoms. The van der Waals surface area contributed by atoms with E-state index in [4.69, 9.17) is 17.3 Å². The summed E-state index contributed by atoms with van der Waals surface area (Å²) in [5.74, 6) is 0. The van der Waals surface area contributed by atoms with Crippen molar-refractivity contribution in [3.05, 3.63) is 34.3 Å². The second-order valence-electron chi connectivity index (χ2n) is 4.66. The van der Waals surface area contributed by atoms with Crippen LogP contribution in [0, 0.1) is 0 Å². The first-order valence-corrected chi connectivity index (χ1v) is 5.82. The van der Waals surface area contributed by atoms with Crippen molar-refractivity contribution < 1.29 is 13.2 Å². The number of alkyl halides is 3. The summed E-state index contributed by atoms with van der Waals surface area (Å²) < 4.78 is 38.3. The predicted molar refractivity (Wildman–Crippen MR) is 60.9 cm³/mol. The van der Waals surface area contributed by atoms with Gasteiger partial charge in [-0.25, -0.2) is 0 Å². The van der Waals surface area contributed by atoms with Crippen LogP contribution < -0.4 is 5.73 Å². The highest BCUT2D eigenvalue weighted by Crippen LogP contribution is 2.39. The van der Waals surface area contributed by atoms with Gasteiger partial charge in [0, 0.05) is 10.6 Å². The molecule has 0 amide bonds. The Hall–Kier alpha value is -0.740. The summed E-state index contributed by atoms with van der Waals surface area (Å²) in [5, 5.41) is 0.106. The lowest BCUT2D eigenvalue weighted by molar-refractivity contribution is -0.138. The SMILES string of the molecule is NC1(CCc2ccc(Cl)cc2C(F)(F)F)CC1. The maximum absolute atomic E-state index is 12.8. The molecule has 0 aromatic heterocycles. The summed E-state index contributed by atoms with van der Waals surface area (Å²) in [6, 6.07) is 3.91. The molecule has 1 nitrogen and oxygen atoms in total. The van der Waals surface area contributed by atoms with Gasteiger partial charge in [0.1, 0.15) is 0 Å². The molecule has 94 valence electrons. The third kappa shape index (κ3) is 3.13. The molecule has 5 heteroatoms. The minimum Gasteiger partial charge on any atom is -0.325 e. The number of benzene rings is 1. The smallest absolute Gasteiger partial charge is 0.325 e. The van der Waals surface area contributed by atoms with Gasteiger partial charge in [0.15, 0.2) is 0 Å². The summed E-state index contributed by atoms with van der Waals surface area (Å²) in [6.07, 6.45) is -1.60. The highest BCUT2D eigenvalue weighted by atomic mass is 35.5. The standard InChI is InChI=1S/C12H13ClF3N/c13-9-2-1-8(3-4-11(17)5-6-11)10(7-9)12(14,15)16/h1-2,7H,3-6,17H2. The van der Waals surface area contributed by atoms with Crippen molar-refractivity contribution in [2.75, 3.05) is 0 Å². The van der Waals surface area contributed by atoms with E-state index in [0.717, 1.165) is 18.9 Å². The molecule has 0 heterocycles. The number of halogens is 4. The molecule has 0 spiro atoms. The van der Waals surface area contributed by atoms with Crippen LogP contribution >= 0.6 is 11.6 Å². The lowest BCUT2D eigenvalue weighted by Crippen LogP contribution is -2.22. The second-order valence-corrected chi connectivity index (χ2v) is 5.10. The van der Waals surface area contributed by atoms with Crippen LogP contribution in [-0.4, -0.2) is 5.54 Å². The van der Waals surface area contributed by atoms with Gasteiger partial charge in [0.05, 0.1) is 5.56 Å². The fourth-order valence-corrected chi connectivity index (χ4v) is 2.00. The van der Waals surface area contributed by atoms with Crippen molar-refractivity contribution >= 4 is 11.6 Å². The lowest BCUT2D eigenvalue weighted by Gasteiger charge is -2.15. The maximum atomic E-state index is 12.8. The van der Waals surface area contributed by atoms with Gasteiger partial charge in [-0.15, -0.1) is 0 Å². The van der Waals surface area contributed by atoms with Gasteiger partial charge < -0.3 is 5.73 Å². The third-order valence-corrected chi connectivity index (χ3v) is 3.40. The van der Waals surface area contributed by atoms with Crippen molar-refractivity contribution in [1.82, 2.24) is 0 Å². The van der Waals surface area contributed by atoms with Crippen molar-refractivity contribution in [3.63, 3.8) is 0 Å². The van der Waals surface area contributed by atoms with Crippen LogP contribution in [0.25, 0.3) is 0 Å². The summed E-state index contributed by atoms with van der Waals surface area (Å²) >= 11 is 5.60. The average molecular weight is 264 g/mol. The van der Waals surface area contributed by atoms with Crippen LogP contribution in [0.2, 0.25) is 5.02 Å². The van der Waals surface area contributed by atoms with Gasteiger partial charge >= 0.3 is 6.18 Å². The molecule has 0 saturated heterocycles. The zero-order valence-electron chi connectivity index (χ0n) is 9.15. The van der Waals surface area contributed by atoms with Crippen LogP contribution in [0.3, 0.4) is 0 Å². The minimum atomic E-state index is -4.36. The summed E-state index contributed by atoms with van der Waals surface area (Å²) in [6.45, 7) is 0. The Kier molecular flexibility index (Phi) is 3.12. The van der Waals surface area contributed by atoms with E-state index in [-0.39, 0.29) is 16.1 Å². The molecule has 1 aromatic rings. The molecular formula is C12H13ClF3N. The van der Waals surface area contributed by atoms with Crippen LogP contribution in [0.15, 0.2) is 18.2 Å². The van der Waals surface area contributed by atoms with Gasteiger partial charge in [-0.3, -0.25) is 0 Å².